The van der Waals surface area contributed by atoms with E-state index >= 15 is 0 Å². The molecule has 1 N–H and O–H groups in total. The van der Waals surface area contributed by atoms with Crippen LogP contribution < -0.4 is 5.32 Å². The van der Waals surface area contributed by atoms with Gasteiger partial charge in [-0.25, -0.2) is 13.2 Å². The van der Waals surface area contributed by atoms with Crippen molar-refractivity contribution in [3.8, 4) is 0 Å². The summed E-state index contributed by atoms with van der Waals surface area (Å²) < 4.78 is 28.3. The van der Waals surface area contributed by atoms with Crippen molar-refractivity contribution in [1.29, 1.82) is 0 Å². The maximum atomic E-state index is 13.3. The van der Waals surface area contributed by atoms with Gasteiger partial charge in [-0.05, 0) is 42.4 Å². The van der Waals surface area contributed by atoms with Crippen LogP contribution in [-0.4, -0.2) is 43.3 Å². The molecule has 1 atom stereocenters. The van der Waals surface area contributed by atoms with Crippen molar-refractivity contribution in [2.24, 2.45) is 5.92 Å². The van der Waals surface area contributed by atoms with Gasteiger partial charge in [0.25, 0.3) is 0 Å². The Morgan fingerprint density at radius 3 is 2.55 bits per heavy atom. The molecule has 29 heavy (non-hydrogen) atoms. The summed E-state index contributed by atoms with van der Waals surface area (Å²) in [7, 11) is -3.52. The molecular weight excluding hydrogens is 386 g/mol. The van der Waals surface area contributed by atoms with Gasteiger partial charge >= 0.3 is 6.03 Å². The average Bonchev–Trinajstić information content (AvgIpc) is 3.43. The first-order valence-electron chi connectivity index (χ1n) is 10.2. The zero-order valence-electron chi connectivity index (χ0n) is 16.3. The van der Waals surface area contributed by atoms with Gasteiger partial charge in [0.1, 0.15) is 0 Å². The quantitative estimate of drug-likeness (QED) is 0.841. The highest BCUT2D eigenvalue weighted by atomic mass is 32.2. The molecule has 2 aromatic carbocycles. The second-order valence-electron chi connectivity index (χ2n) is 8.32. The Hall–Kier alpha value is -2.38. The maximum absolute atomic E-state index is 13.3. The fourth-order valence-corrected chi connectivity index (χ4v) is 6.78. The smallest absolute Gasteiger partial charge is 0.317 e. The Bertz CT molecular complexity index is 1040. The largest absolute Gasteiger partial charge is 0.334 e. The number of carbonyl (C=O) groups excluding carboxylic acids is 1. The molecule has 1 unspecified atom stereocenters. The number of hydrogen-bond acceptors (Lipinski definition) is 3. The van der Waals surface area contributed by atoms with Crippen molar-refractivity contribution in [1.82, 2.24) is 14.5 Å². The van der Waals surface area contributed by atoms with E-state index in [-0.39, 0.29) is 6.03 Å². The molecule has 3 aliphatic rings. The van der Waals surface area contributed by atoms with Gasteiger partial charge in [0.05, 0.1) is 10.4 Å². The molecule has 2 amide bonds. The first-order chi connectivity index (χ1) is 14.0. The number of nitrogens with zero attached hydrogens (tertiary/aromatic N) is 2. The Morgan fingerprint density at radius 2 is 1.79 bits per heavy atom. The number of urea groups is 1. The minimum Gasteiger partial charge on any atom is -0.334 e. The molecule has 7 heteroatoms. The molecule has 1 spiro atoms. The SMILES string of the molecule is O=C(NCc1ccccc1)N1CCC2(C1)c1ccccc1S(=O)(=O)N2CC1CC1. The van der Waals surface area contributed by atoms with Gasteiger partial charge in [0.15, 0.2) is 0 Å². The van der Waals surface area contributed by atoms with Crippen LogP contribution >= 0.6 is 0 Å². The summed E-state index contributed by atoms with van der Waals surface area (Å²) in [6.45, 7) is 1.96. The minimum atomic E-state index is -3.52. The Balaban J connectivity index is 1.40. The van der Waals surface area contributed by atoms with Crippen molar-refractivity contribution < 1.29 is 13.2 Å². The monoisotopic (exact) mass is 411 g/mol. The molecule has 1 saturated heterocycles. The number of likely N-dealkylation sites (tertiary alicyclic amines) is 1. The van der Waals surface area contributed by atoms with Crippen molar-refractivity contribution >= 4 is 16.1 Å². The molecule has 2 fully saturated rings. The molecule has 2 heterocycles. The van der Waals surface area contributed by atoms with Gasteiger partial charge in [-0.1, -0.05) is 48.5 Å². The van der Waals surface area contributed by atoms with E-state index in [9.17, 15) is 13.2 Å². The first kappa shape index (κ1) is 18.6. The van der Waals surface area contributed by atoms with Crippen molar-refractivity contribution in [3.05, 3.63) is 65.7 Å². The van der Waals surface area contributed by atoms with Crippen LogP contribution in [0.5, 0.6) is 0 Å². The van der Waals surface area contributed by atoms with Crippen LogP contribution in [0.2, 0.25) is 0 Å². The highest BCUT2D eigenvalue weighted by Crippen LogP contribution is 2.51. The molecular formula is C22H25N3O3S. The standard InChI is InChI=1S/C22H25N3O3S/c26-21(23-14-17-6-2-1-3-7-17)24-13-12-22(16-24)19-8-4-5-9-20(19)29(27,28)25(22)15-18-10-11-18/h1-9,18H,10-16H2,(H,23,26). The lowest BCUT2D eigenvalue weighted by Gasteiger charge is -2.34. The lowest BCUT2D eigenvalue weighted by Crippen LogP contribution is -2.48. The van der Waals surface area contributed by atoms with Crippen molar-refractivity contribution in [2.75, 3.05) is 19.6 Å². The van der Waals surface area contributed by atoms with Gasteiger partial charge in [0, 0.05) is 26.2 Å². The Kier molecular flexibility index (Phi) is 4.40. The van der Waals surface area contributed by atoms with E-state index in [1.54, 1.807) is 21.3 Å². The van der Waals surface area contributed by atoms with E-state index in [4.69, 9.17) is 0 Å². The summed E-state index contributed by atoms with van der Waals surface area (Å²) >= 11 is 0. The number of rotatable bonds is 4. The molecule has 0 aromatic heterocycles. The van der Waals surface area contributed by atoms with Crippen LogP contribution in [0.4, 0.5) is 4.79 Å². The summed E-state index contributed by atoms with van der Waals surface area (Å²) in [4.78, 5) is 15.0. The average molecular weight is 412 g/mol. The first-order valence-corrected chi connectivity index (χ1v) is 11.6. The fraction of sp³-hybridized carbons (Fsp3) is 0.409. The van der Waals surface area contributed by atoms with Gasteiger partial charge < -0.3 is 10.2 Å². The number of sulfonamides is 1. The second-order valence-corrected chi connectivity index (χ2v) is 10.2. The second kappa shape index (κ2) is 6.85. The highest BCUT2D eigenvalue weighted by molar-refractivity contribution is 7.89. The number of benzene rings is 2. The van der Waals surface area contributed by atoms with Crippen LogP contribution in [0.1, 0.15) is 30.4 Å². The van der Waals surface area contributed by atoms with Gasteiger partial charge in [-0.3, -0.25) is 0 Å². The lowest BCUT2D eigenvalue weighted by atomic mass is 9.88. The van der Waals surface area contributed by atoms with Gasteiger partial charge in [-0.2, -0.15) is 4.31 Å². The van der Waals surface area contributed by atoms with Gasteiger partial charge in [-0.15, -0.1) is 0 Å². The van der Waals surface area contributed by atoms with E-state index in [0.29, 0.717) is 43.4 Å². The third-order valence-electron chi connectivity index (χ3n) is 6.38. The topological polar surface area (TPSA) is 69.7 Å². The molecule has 0 bridgehead atoms. The predicted molar refractivity (Wildman–Crippen MR) is 110 cm³/mol. The predicted octanol–water partition coefficient (Wildman–Crippen LogP) is 2.91. The molecule has 1 saturated carbocycles. The zero-order chi connectivity index (χ0) is 20.1. The summed E-state index contributed by atoms with van der Waals surface area (Å²) in [6, 6.07) is 17.0. The van der Waals surface area contributed by atoms with E-state index < -0.39 is 15.6 Å². The number of hydrogen-bond donors (Lipinski definition) is 1. The van der Waals surface area contributed by atoms with Gasteiger partial charge in [0.2, 0.25) is 10.0 Å². The normalized spacial score (nSPS) is 25.3. The number of nitrogens with one attached hydrogen (secondary N) is 1. The highest BCUT2D eigenvalue weighted by Gasteiger charge is 2.58. The van der Waals surface area contributed by atoms with E-state index in [1.807, 2.05) is 42.5 Å². The summed E-state index contributed by atoms with van der Waals surface area (Å²) in [5.41, 5.74) is 1.25. The van der Waals surface area contributed by atoms with E-state index in [1.165, 1.54) is 0 Å². The van der Waals surface area contributed by atoms with Crippen LogP contribution in [0.15, 0.2) is 59.5 Å². The van der Waals surface area contributed by atoms with Crippen molar-refractivity contribution in [2.45, 2.75) is 36.2 Å². The number of fused-ring (bicyclic) bond motifs is 2. The van der Waals surface area contributed by atoms with E-state index in [0.717, 1.165) is 24.0 Å². The Labute approximate surface area is 171 Å². The zero-order valence-corrected chi connectivity index (χ0v) is 17.1. The summed E-state index contributed by atoms with van der Waals surface area (Å²) in [5, 5.41) is 2.98. The minimum absolute atomic E-state index is 0.140. The third-order valence-corrected chi connectivity index (χ3v) is 8.37. The third kappa shape index (κ3) is 3.13. The number of amides is 2. The molecule has 1 aliphatic carbocycles. The van der Waals surface area contributed by atoms with E-state index in [2.05, 4.69) is 5.32 Å². The van der Waals surface area contributed by atoms with Crippen LogP contribution in [0, 0.1) is 5.92 Å². The maximum Gasteiger partial charge on any atom is 0.317 e. The summed E-state index contributed by atoms with van der Waals surface area (Å²) in [6.07, 6.45) is 2.80. The molecule has 5 rings (SSSR count). The van der Waals surface area contributed by atoms with Crippen LogP contribution in [-0.2, 0) is 22.1 Å². The molecule has 152 valence electrons. The number of carbonyl (C=O) groups is 1. The summed E-state index contributed by atoms with van der Waals surface area (Å²) in [5.74, 6) is 0.442. The molecule has 0 radical (unpaired) electrons. The molecule has 2 aliphatic heterocycles. The van der Waals surface area contributed by atoms with Crippen LogP contribution in [0.25, 0.3) is 0 Å². The van der Waals surface area contributed by atoms with Crippen molar-refractivity contribution in [3.63, 3.8) is 0 Å². The Morgan fingerprint density at radius 1 is 1.07 bits per heavy atom. The van der Waals surface area contributed by atoms with Crippen LogP contribution in [0.3, 0.4) is 0 Å². The molecule has 6 nitrogen and oxygen atoms in total. The fourth-order valence-electron chi connectivity index (χ4n) is 4.64. The lowest BCUT2D eigenvalue weighted by molar-refractivity contribution is 0.178. The molecule has 2 aromatic rings.